The van der Waals surface area contributed by atoms with E-state index in [2.05, 4.69) is 10.3 Å². The number of H-pyrrole nitrogens is 1. The lowest BCUT2D eigenvalue weighted by molar-refractivity contribution is -0.384. The molecular formula is C10H10N4O6. The van der Waals surface area contributed by atoms with Crippen LogP contribution in [0, 0.1) is 10.1 Å². The van der Waals surface area contributed by atoms with E-state index in [-0.39, 0.29) is 17.9 Å². The Balaban J connectivity index is 2.26. The predicted molar refractivity (Wildman–Crippen MR) is 62.9 cm³/mol. The number of hydrogen-bond acceptors (Lipinski definition) is 5. The number of aliphatic carboxylic acids is 1. The van der Waals surface area contributed by atoms with Gasteiger partial charge in [0.05, 0.1) is 11.1 Å². The van der Waals surface area contributed by atoms with Crippen LogP contribution in [0.15, 0.2) is 12.3 Å². The van der Waals surface area contributed by atoms with Crippen LogP contribution in [0.4, 0.5) is 5.69 Å². The van der Waals surface area contributed by atoms with Crippen LogP contribution in [0.3, 0.4) is 0 Å². The van der Waals surface area contributed by atoms with Gasteiger partial charge in [-0.05, 0) is 0 Å². The first-order chi connectivity index (χ1) is 9.40. The minimum absolute atomic E-state index is 0.141. The van der Waals surface area contributed by atoms with Crippen LogP contribution in [-0.2, 0) is 9.59 Å². The first-order valence-electron chi connectivity index (χ1n) is 5.53. The number of carbonyl (C=O) groups is 3. The molecule has 1 saturated heterocycles. The Kier molecular flexibility index (Phi) is 3.37. The quantitative estimate of drug-likeness (QED) is 0.476. The molecule has 3 N–H and O–H groups in total. The molecule has 1 aliphatic heterocycles. The Morgan fingerprint density at radius 1 is 1.50 bits per heavy atom. The van der Waals surface area contributed by atoms with E-state index in [0.29, 0.717) is 0 Å². The van der Waals surface area contributed by atoms with Crippen molar-refractivity contribution in [1.29, 1.82) is 0 Å². The van der Waals surface area contributed by atoms with Crippen molar-refractivity contribution in [2.75, 3.05) is 13.1 Å². The third-order valence-electron chi connectivity index (χ3n) is 2.84. The van der Waals surface area contributed by atoms with Crippen molar-refractivity contribution in [3.63, 3.8) is 0 Å². The van der Waals surface area contributed by atoms with Crippen LogP contribution in [0.2, 0.25) is 0 Å². The first kappa shape index (κ1) is 13.5. The zero-order chi connectivity index (χ0) is 14.9. The SMILES string of the molecule is O=C1CN(C(=O)c2cc([N+](=O)[O-])c[nH]2)C(C(=O)O)CN1. The normalized spacial score (nSPS) is 18.5. The van der Waals surface area contributed by atoms with E-state index < -0.39 is 35.3 Å². The summed E-state index contributed by atoms with van der Waals surface area (Å²) in [6, 6.07) is -0.212. The van der Waals surface area contributed by atoms with Crippen molar-refractivity contribution >= 4 is 23.5 Å². The van der Waals surface area contributed by atoms with Crippen molar-refractivity contribution in [2.24, 2.45) is 0 Å². The number of aromatic nitrogens is 1. The van der Waals surface area contributed by atoms with Gasteiger partial charge >= 0.3 is 5.97 Å². The van der Waals surface area contributed by atoms with Crippen LogP contribution < -0.4 is 5.32 Å². The third kappa shape index (κ3) is 2.43. The number of rotatable bonds is 3. The summed E-state index contributed by atoms with van der Waals surface area (Å²) in [7, 11) is 0. The number of piperazine rings is 1. The molecule has 1 aromatic rings. The van der Waals surface area contributed by atoms with Gasteiger partial charge in [-0.2, -0.15) is 0 Å². The molecule has 2 amide bonds. The van der Waals surface area contributed by atoms with E-state index in [1.165, 1.54) is 0 Å². The van der Waals surface area contributed by atoms with Crippen molar-refractivity contribution in [2.45, 2.75) is 6.04 Å². The second kappa shape index (κ2) is 4.99. The molecule has 20 heavy (non-hydrogen) atoms. The summed E-state index contributed by atoms with van der Waals surface area (Å²) in [6.45, 7) is -0.620. The lowest BCUT2D eigenvalue weighted by atomic mass is 10.1. The summed E-state index contributed by atoms with van der Waals surface area (Å²) < 4.78 is 0. The Labute approximate surface area is 111 Å². The highest BCUT2D eigenvalue weighted by molar-refractivity contribution is 5.99. The van der Waals surface area contributed by atoms with E-state index in [0.717, 1.165) is 17.2 Å². The van der Waals surface area contributed by atoms with E-state index in [1.54, 1.807) is 0 Å². The molecule has 0 spiro atoms. The summed E-state index contributed by atoms with van der Waals surface area (Å²) >= 11 is 0. The Bertz CT molecular complexity index is 594. The first-order valence-corrected chi connectivity index (χ1v) is 5.53. The van der Waals surface area contributed by atoms with Crippen LogP contribution in [-0.4, -0.2) is 56.8 Å². The lowest BCUT2D eigenvalue weighted by Crippen LogP contribution is -2.59. The standard InChI is InChI=1S/C10H10N4O6/c15-8-4-13(7(3-12-8)10(17)18)9(16)6-1-5(2-11-6)14(19)20/h1-2,7,11H,3-4H2,(H,12,15)(H,17,18). The molecule has 10 heteroatoms. The molecule has 1 aliphatic rings. The van der Waals surface area contributed by atoms with Crippen LogP contribution in [0.5, 0.6) is 0 Å². The highest BCUT2D eigenvalue weighted by Crippen LogP contribution is 2.16. The molecule has 1 fully saturated rings. The van der Waals surface area contributed by atoms with E-state index >= 15 is 0 Å². The summed E-state index contributed by atoms with van der Waals surface area (Å²) in [6.07, 6.45) is 1.02. The number of nitrogens with one attached hydrogen (secondary N) is 2. The van der Waals surface area contributed by atoms with Crippen molar-refractivity contribution in [3.05, 3.63) is 28.1 Å². The molecule has 1 atom stereocenters. The fraction of sp³-hybridized carbons (Fsp3) is 0.300. The molecule has 0 bridgehead atoms. The lowest BCUT2D eigenvalue weighted by Gasteiger charge is -2.32. The molecule has 2 rings (SSSR count). The topological polar surface area (TPSA) is 146 Å². The fourth-order valence-corrected chi connectivity index (χ4v) is 1.84. The van der Waals surface area contributed by atoms with Crippen molar-refractivity contribution in [1.82, 2.24) is 15.2 Å². The molecule has 106 valence electrons. The number of carboxylic acid groups (broad SMARTS) is 1. The van der Waals surface area contributed by atoms with E-state index in [9.17, 15) is 24.5 Å². The molecule has 1 aromatic heterocycles. The third-order valence-corrected chi connectivity index (χ3v) is 2.84. The molecular weight excluding hydrogens is 272 g/mol. The summed E-state index contributed by atoms with van der Waals surface area (Å²) in [5.41, 5.74) is -0.459. The van der Waals surface area contributed by atoms with Crippen molar-refractivity contribution in [3.8, 4) is 0 Å². The second-order valence-electron chi connectivity index (χ2n) is 4.12. The minimum atomic E-state index is -1.26. The number of nitro groups is 1. The predicted octanol–water partition coefficient (Wildman–Crippen LogP) is -1.05. The summed E-state index contributed by atoms with van der Waals surface area (Å²) in [5, 5.41) is 21.9. The fourth-order valence-electron chi connectivity index (χ4n) is 1.84. The van der Waals surface area contributed by atoms with Crippen LogP contribution >= 0.6 is 0 Å². The largest absolute Gasteiger partial charge is 0.480 e. The van der Waals surface area contributed by atoms with Gasteiger partial charge < -0.3 is 20.3 Å². The molecule has 2 heterocycles. The minimum Gasteiger partial charge on any atom is -0.480 e. The number of carboxylic acids is 1. The number of hydrogen-bond donors (Lipinski definition) is 3. The van der Waals surface area contributed by atoms with Gasteiger partial charge in [0.2, 0.25) is 5.91 Å². The Morgan fingerprint density at radius 2 is 2.20 bits per heavy atom. The highest BCUT2D eigenvalue weighted by Gasteiger charge is 2.36. The van der Waals surface area contributed by atoms with Gasteiger partial charge in [-0.15, -0.1) is 0 Å². The van der Waals surface area contributed by atoms with Gasteiger partial charge in [0, 0.05) is 12.6 Å². The molecule has 0 aromatic carbocycles. The molecule has 0 aliphatic carbocycles. The van der Waals surface area contributed by atoms with Gasteiger partial charge in [0.25, 0.3) is 11.6 Å². The van der Waals surface area contributed by atoms with Gasteiger partial charge in [-0.25, -0.2) is 4.79 Å². The van der Waals surface area contributed by atoms with Crippen molar-refractivity contribution < 1.29 is 24.4 Å². The van der Waals surface area contributed by atoms with E-state index in [4.69, 9.17) is 5.11 Å². The average molecular weight is 282 g/mol. The monoisotopic (exact) mass is 282 g/mol. The highest BCUT2D eigenvalue weighted by atomic mass is 16.6. The van der Waals surface area contributed by atoms with E-state index in [1.807, 2.05) is 0 Å². The molecule has 10 nitrogen and oxygen atoms in total. The number of carbonyl (C=O) groups excluding carboxylic acids is 2. The van der Waals surface area contributed by atoms with Gasteiger partial charge in [-0.1, -0.05) is 0 Å². The smallest absolute Gasteiger partial charge is 0.328 e. The molecule has 0 radical (unpaired) electrons. The zero-order valence-electron chi connectivity index (χ0n) is 10.0. The van der Waals surface area contributed by atoms with Gasteiger partial charge in [-0.3, -0.25) is 19.7 Å². The van der Waals surface area contributed by atoms with Gasteiger partial charge in [0.15, 0.2) is 0 Å². The van der Waals surface area contributed by atoms with Crippen LogP contribution in [0.25, 0.3) is 0 Å². The Morgan fingerprint density at radius 3 is 2.75 bits per heavy atom. The van der Waals surface area contributed by atoms with Crippen LogP contribution in [0.1, 0.15) is 10.5 Å². The summed E-state index contributed by atoms with van der Waals surface area (Å²) in [5.74, 6) is -2.53. The average Bonchev–Trinajstić information content (AvgIpc) is 2.87. The number of amides is 2. The molecule has 0 saturated carbocycles. The maximum absolute atomic E-state index is 12.1. The summed E-state index contributed by atoms with van der Waals surface area (Å²) in [4.78, 5) is 47.6. The van der Waals surface area contributed by atoms with Gasteiger partial charge in [0.1, 0.15) is 18.3 Å². The molecule has 1 unspecified atom stereocenters. The second-order valence-corrected chi connectivity index (χ2v) is 4.12. The number of aromatic amines is 1. The Hall–Kier alpha value is -2.91. The maximum atomic E-state index is 12.1. The zero-order valence-corrected chi connectivity index (χ0v) is 10.0. The number of nitrogens with zero attached hydrogens (tertiary/aromatic N) is 2. The maximum Gasteiger partial charge on any atom is 0.328 e.